The second-order valence-corrected chi connectivity index (χ2v) is 30.3. The molecule has 4 heterocycles. The summed E-state index contributed by atoms with van der Waals surface area (Å²) >= 11 is 36.4. The van der Waals surface area contributed by atoms with Crippen molar-refractivity contribution in [1.82, 2.24) is 5.32 Å². The second-order valence-electron chi connectivity index (χ2n) is 23.9. The minimum absolute atomic E-state index is 0. The van der Waals surface area contributed by atoms with Crippen LogP contribution in [0, 0.1) is 6.42 Å². The molecule has 0 bridgehead atoms. The quantitative estimate of drug-likeness (QED) is 0.0114. The predicted molar refractivity (Wildman–Crippen MR) is 488 cm³/mol. The third kappa shape index (κ3) is 34.2. The summed E-state index contributed by atoms with van der Waals surface area (Å²) < 4.78 is 55.1. The molecule has 0 spiro atoms. The number of methoxy groups -OCH3 is 6. The van der Waals surface area contributed by atoms with E-state index in [0.29, 0.717) is 81.1 Å². The SMILES string of the molecule is CC(=O)Oc1c(Br)cccc1C(=O)O.CNC.COC(=O)CC(=O)OC.COC(=O)c1c(C(C)C)c2cccc(Br)c2oc1=O.COC(=O)c1c(Cl)c2cccc(Br)c2oc1=O.COC(=O)c1c(N(C)C)c2cccc(Br)c2oc1=O.COC(=O)c1c(O)c2cccc(Br)c2oc1=O.C[CH-]C.O=C(O)c1cccc(Br)c1O.OB(O)c1cc(Cl)cc(Cl)c1.[Br-].[Mg+2]. The number of hydrogen-bond donors (Lipinski definition) is 7. The maximum absolute atomic E-state index is 12.0. The van der Waals surface area contributed by atoms with E-state index in [2.05, 4.69) is 129 Å². The molecule has 0 saturated heterocycles. The molecule has 0 atom stereocenters. The maximum Gasteiger partial charge on any atom is 2.00 e. The number of anilines is 1. The molecule has 0 aliphatic rings. The molecule has 11 aromatic rings. The van der Waals surface area contributed by atoms with Gasteiger partial charge in [-0.25, -0.2) is 47.9 Å². The molecule has 0 aliphatic carbocycles. The Kier molecular flexibility index (Phi) is 53.4. The normalized spacial score (nSPS) is 9.78. The molecule has 7 N–H and O–H groups in total. The van der Waals surface area contributed by atoms with Gasteiger partial charge >= 0.3 is 106 Å². The van der Waals surface area contributed by atoms with Gasteiger partial charge in [0.15, 0.2) is 44.8 Å². The van der Waals surface area contributed by atoms with Gasteiger partial charge in [-0.2, -0.15) is 13.8 Å². The predicted octanol–water partition coefficient (Wildman–Crippen LogP) is 12.9. The third-order valence-electron chi connectivity index (χ3n) is 14.6. The van der Waals surface area contributed by atoms with Crippen LogP contribution in [0.5, 0.6) is 17.2 Å². The van der Waals surface area contributed by atoms with E-state index in [0.717, 1.165) is 12.5 Å². The minimum atomic E-state index is -1.52. The number of carbonyl (C=O) groups excluding carboxylic acids is 7. The van der Waals surface area contributed by atoms with Crippen molar-refractivity contribution in [1.29, 1.82) is 0 Å². The molecule has 0 amide bonds. The summed E-state index contributed by atoms with van der Waals surface area (Å²) in [6, 6.07) is 34.1. The van der Waals surface area contributed by atoms with Crippen molar-refractivity contribution in [3.05, 3.63) is 256 Å². The van der Waals surface area contributed by atoms with Crippen LogP contribution in [0.15, 0.2) is 191 Å². The van der Waals surface area contributed by atoms with Crippen molar-refractivity contribution in [3.63, 3.8) is 0 Å². The molecular weight excluding hydrogens is 2180 g/mol. The van der Waals surface area contributed by atoms with Gasteiger partial charge in [0, 0.05) is 47.2 Å². The van der Waals surface area contributed by atoms with E-state index in [-0.39, 0.29) is 108 Å². The van der Waals surface area contributed by atoms with Gasteiger partial charge in [-0.1, -0.05) is 91.1 Å². The number of benzene rings is 7. The van der Waals surface area contributed by atoms with Crippen molar-refractivity contribution in [2.75, 3.05) is 75.7 Å². The molecule has 4 aromatic heterocycles. The van der Waals surface area contributed by atoms with Gasteiger partial charge in [-0.15, -0.1) is 0 Å². The molecule has 0 saturated carbocycles. The largest absolute Gasteiger partial charge is 2.00 e. The number of halogens is 10. The van der Waals surface area contributed by atoms with E-state index in [1.165, 1.54) is 78.9 Å². The first-order chi connectivity index (χ1) is 57.8. The first-order valence-electron chi connectivity index (χ1n) is 34.4. The van der Waals surface area contributed by atoms with Gasteiger partial charge in [0.2, 0.25) is 0 Å². The van der Waals surface area contributed by atoms with Crippen LogP contribution in [0.2, 0.25) is 15.1 Å². The molecular formula is C81H77BBr7Cl3MgN2O30. The van der Waals surface area contributed by atoms with Crippen LogP contribution >= 0.6 is 130 Å². The number of hydrogen-bond acceptors (Lipinski definition) is 30. The van der Waals surface area contributed by atoms with Gasteiger partial charge in [-0.3, -0.25) is 14.4 Å². The van der Waals surface area contributed by atoms with Crippen LogP contribution in [0.1, 0.15) is 115 Å². The van der Waals surface area contributed by atoms with Crippen LogP contribution in [0.4, 0.5) is 5.69 Å². The van der Waals surface area contributed by atoms with E-state index in [1.54, 1.807) is 97.9 Å². The summed E-state index contributed by atoms with van der Waals surface area (Å²) in [6.07, 6.45) is 1.69. The van der Waals surface area contributed by atoms with Crippen LogP contribution in [0.25, 0.3) is 43.9 Å². The smallest absolute Gasteiger partial charge is 1.00 e. The molecule has 0 fully saturated rings. The number of carboxylic acid groups (broad SMARTS) is 2. The summed E-state index contributed by atoms with van der Waals surface area (Å²) in [6.45, 7) is 9.05. The Balaban J connectivity index is 0.00000140. The Morgan fingerprint density at radius 3 is 1.20 bits per heavy atom. The number of para-hydroxylation sites is 6. The first-order valence-corrected chi connectivity index (χ1v) is 40.3. The monoisotopic (exact) mass is 2250 g/mol. The van der Waals surface area contributed by atoms with Gasteiger partial charge in [0.1, 0.15) is 34.6 Å². The van der Waals surface area contributed by atoms with Crippen molar-refractivity contribution < 1.29 is 141 Å². The average Bonchev–Trinajstić information content (AvgIpc) is 0.732. The molecule has 0 unspecified atom stereocenters. The number of carbonyl (C=O) groups is 9. The molecule has 7 aromatic carbocycles. The standard InChI is InChI=1S/C14H13BrO4.C13H12BrNO4.C11H6BrClO4.C11H7BrO5.C9H7BrO4.C7H5BrO3.C6H5BCl2O2.C5H8O4.C3H7.C2H7N.BrH.Mg/c1-7(2)10-8-5-4-6-9(15)12(8)19-14(17)11(10)13(16)18-3;1-15(2)10-7-5-4-6-8(14)11(7)19-13(17)9(10)12(16)18-3;2*1-16-10(14)7-8(13)5-3-2-4-6(12)9(5)17-11(7)15;1-5(11)14-8-6(9(12)13)3-2-4-7(8)10;8-5-3-1-2-4(6(5)9)7(10)11;8-5-1-4(7(10)11)2-6(9)3-5;1-8-4(6)3-5(7)9-2;2*1-3-2;;/h4-7H,1-3H3;4-6H,1-3H3;2-4H,1H3;2-4,13H,1H3;2-4H,1H3,(H,12,13);1-3,9H,(H,10,11);1-3,10-11H;3H2,1-2H3;2*3H,1-2H3;1H;/q;;;;;;;;-1;;;+2/p-1. The molecule has 11 rings (SSSR count). The van der Waals surface area contributed by atoms with E-state index < -0.39 is 94.7 Å². The van der Waals surface area contributed by atoms with Gasteiger partial charge in [-0.05, 0) is 212 Å². The topological polar surface area (TPSA) is 476 Å². The van der Waals surface area contributed by atoms with Crippen LogP contribution < -0.4 is 59.9 Å². The van der Waals surface area contributed by atoms with Crippen molar-refractivity contribution in [2.45, 2.75) is 47.0 Å². The number of nitrogens with one attached hydrogen (secondary N) is 1. The number of ether oxygens (including phenoxy) is 7. The Morgan fingerprint density at radius 1 is 0.480 bits per heavy atom. The first kappa shape index (κ1) is 116. The molecule has 666 valence electrons. The van der Waals surface area contributed by atoms with Crippen LogP contribution in [0.3, 0.4) is 0 Å². The fourth-order valence-corrected chi connectivity index (χ4v) is 13.0. The number of phenols is 1. The number of carboxylic acids is 2. The summed E-state index contributed by atoms with van der Waals surface area (Å²) in [5.74, 6) is -7.76. The zero-order chi connectivity index (χ0) is 93.7. The van der Waals surface area contributed by atoms with Crippen LogP contribution in [-0.4, -0.2) is 185 Å². The molecule has 0 radical (unpaired) electrons. The van der Waals surface area contributed by atoms with Gasteiger partial charge in [0.05, 0.1) is 85.6 Å². The molecule has 125 heavy (non-hydrogen) atoms. The Bertz CT molecular complexity index is 5620. The van der Waals surface area contributed by atoms with Crippen molar-refractivity contribution in [2.24, 2.45) is 0 Å². The number of aromatic hydroxyl groups is 2. The maximum atomic E-state index is 12.0. The van der Waals surface area contributed by atoms with E-state index >= 15 is 0 Å². The van der Waals surface area contributed by atoms with Gasteiger partial charge < -0.3 is 115 Å². The van der Waals surface area contributed by atoms with E-state index in [1.807, 2.05) is 60.3 Å². The fourth-order valence-electron chi connectivity index (χ4n) is 9.51. The minimum Gasteiger partial charge on any atom is -1.00 e. The van der Waals surface area contributed by atoms with E-state index in [4.69, 9.17) is 82.6 Å². The average molecular weight is 2260 g/mol. The molecule has 0 aliphatic heterocycles. The molecule has 44 heteroatoms. The van der Waals surface area contributed by atoms with Crippen molar-refractivity contribution >= 4 is 269 Å². The number of nitrogens with zero attached hydrogens (tertiary/aromatic N) is 1. The Labute approximate surface area is 804 Å². The number of fused-ring (bicyclic) bond motifs is 4. The number of esters is 7. The summed E-state index contributed by atoms with van der Waals surface area (Å²) in [4.78, 5) is 148. The summed E-state index contributed by atoms with van der Waals surface area (Å²) in [7, 11) is 12.9. The van der Waals surface area contributed by atoms with Crippen LogP contribution in [-0.2, 0) is 42.8 Å². The summed E-state index contributed by atoms with van der Waals surface area (Å²) in [5, 5.41) is 59.4. The van der Waals surface area contributed by atoms with Gasteiger partial charge in [0.25, 0.3) is 0 Å². The van der Waals surface area contributed by atoms with E-state index in [9.17, 15) is 67.4 Å². The molecule has 32 nitrogen and oxygen atoms in total. The number of rotatable bonds is 12. The Hall–Kier alpha value is -9.05. The summed E-state index contributed by atoms with van der Waals surface area (Å²) in [5.41, 5.74) is -1.43. The Morgan fingerprint density at radius 2 is 0.808 bits per heavy atom. The third-order valence-corrected chi connectivity index (χ3v) is 19.2. The number of aromatic carboxylic acids is 2. The van der Waals surface area contributed by atoms with Crippen molar-refractivity contribution in [3.8, 4) is 17.2 Å². The zero-order valence-electron chi connectivity index (χ0n) is 68.5. The second kappa shape index (κ2) is 57.6. The fraction of sp³-hybridized carbons (Fsp3) is 0.210. The zero-order valence-corrected chi connectivity index (χ0v) is 83.3.